The summed E-state index contributed by atoms with van der Waals surface area (Å²) in [6.45, 7) is 5.64. The molecule has 0 aliphatic heterocycles. The Kier molecular flexibility index (Phi) is 3.01. The van der Waals surface area contributed by atoms with E-state index >= 15 is 0 Å². The van der Waals surface area contributed by atoms with Gasteiger partial charge in [0.05, 0.1) is 16.8 Å². The van der Waals surface area contributed by atoms with E-state index in [0.717, 1.165) is 22.6 Å². The SMILES string of the molecule is Cc1ccc2nc(-c3cc(C)oc3C)cc(C(=O)O)c2c1. The Morgan fingerprint density at radius 3 is 2.52 bits per heavy atom. The van der Waals surface area contributed by atoms with E-state index in [0.29, 0.717) is 16.6 Å². The number of carboxylic acids is 1. The van der Waals surface area contributed by atoms with E-state index in [1.54, 1.807) is 6.07 Å². The second-order valence-corrected chi connectivity index (χ2v) is 5.21. The van der Waals surface area contributed by atoms with Crippen LogP contribution in [0.1, 0.15) is 27.4 Å². The monoisotopic (exact) mass is 281 g/mol. The molecule has 4 nitrogen and oxygen atoms in total. The third kappa shape index (κ3) is 2.29. The summed E-state index contributed by atoms with van der Waals surface area (Å²) in [4.78, 5) is 16.1. The lowest BCUT2D eigenvalue weighted by Crippen LogP contribution is -2.00. The Labute approximate surface area is 122 Å². The summed E-state index contributed by atoms with van der Waals surface area (Å²) in [6.07, 6.45) is 0. The van der Waals surface area contributed by atoms with E-state index in [1.165, 1.54) is 0 Å². The Bertz CT molecular complexity index is 862. The number of furan rings is 1. The van der Waals surface area contributed by atoms with Gasteiger partial charge in [-0.15, -0.1) is 0 Å². The van der Waals surface area contributed by atoms with Crippen molar-refractivity contribution in [3.8, 4) is 11.3 Å². The van der Waals surface area contributed by atoms with E-state index in [1.807, 2.05) is 45.0 Å². The molecule has 2 heterocycles. The molecule has 0 amide bonds. The minimum atomic E-state index is -0.952. The van der Waals surface area contributed by atoms with Crippen LogP contribution in [0, 0.1) is 20.8 Å². The lowest BCUT2D eigenvalue weighted by atomic mass is 10.0. The van der Waals surface area contributed by atoms with Gasteiger partial charge in [-0.25, -0.2) is 9.78 Å². The molecule has 0 unspecified atom stereocenters. The molecule has 1 aromatic carbocycles. The van der Waals surface area contributed by atoms with Gasteiger partial charge in [0.1, 0.15) is 11.5 Å². The van der Waals surface area contributed by atoms with Crippen molar-refractivity contribution in [2.24, 2.45) is 0 Å². The van der Waals surface area contributed by atoms with E-state index in [-0.39, 0.29) is 5.56 Å². The van der Waals surface area contributed by atoms with Crippen molar-refractivity contribution in [2.45, 2.75) is 20.8 Å². The first-order valence-electron chi connectivity index (χ1n) is 6.68. The number of nitrogens with zero attached hydrogens (tertiary/aromatic N) is 1. The summed E-state index contributed by atoms with van der Waals surface area (Å²) in [5, 5.41) is 10.1. The zero-order valence-electron chi connectivity index (χ0n) is 12.1. The van der Waals surface area contributed by atoms with Crippen LogP contribution in [-0.2, 0) is 0 Å². The molecule has 0 fully saturated rings. The van der Waals surface area contributed by atoms with Crippen LogP contribution in [0.3, 0.4) is 0 Å². The quantitative estimate of drug-likeness (QED) is 0.767. The van der Waals surface area contributed by atoms with Gasteiger partial charge in [-0.05, 0) is 45.0 Å². The van der Waals surface area contributed by atoms with Crippen molar-refractivity contribution in [3.05, 3.63) is 53.0 Å². The topological polar surface area (TPSA) is 63.3 Å². The van der Waals surface area contributed by atoms with E-state index in [9.17, 15) is 9.90 Å². The normalized spacial score (nSPS) is 11.0. The molecule has 0 aliphatic carbocycles. The fraction of sp³-hybridized carbons (Fsp3) is 0.176. The summed E-state index contributed by atoms with van der Waals surface area (Å²) < 4.78 is 5.51. The standard InChI is InChI=1S/C17H15NO3/c1-9-4-5-15-13(6-9)14(17(19)20)8-16(18-15)12-7-10(2)21-11(12)3/h4-8H,1-3H3,(H,19,20). The molecule has 21 heavy (non-hydrogen) atoms. The van der Waals surface area contributed by atoms with Gasteiger partial charge in [-0.2, -0.15) is 0 Å². The zero-order valence-corrected chi connectivity index (χ0v) is 12.1. The molecule has 3 rings (SSSR count). The number of benzene rings is 1. The molecular weight excluding hydrogens is 266 g/mol. The molecule has 2 aromatic heterocycles. The van der Waals surface area contributed by atoms with Gasteiger partial charge in [0.2, 0.25) is 0 Å². The predicted molar refractivity (Wildman–Crippen MR) is 80.6 cm³/mol. The smallest absolute Gasteiger partial charge is 0.336 e. The van der Waals surface area contributed by atoms with Crippen LogP contribution in [0.4, 0.5) is 0 Å². The third-order valence-electron chi connectivity index (χ3n) is 3.51. The molecular formula is C17H15NO3. The largest absolute Gasteiger partial charge is 0.478 e. The minimum Gasteiger partial charge on any atom is -0.478 e. The molecule has 1 N–H and O–H groups in total. The molecule has 106 valence electrons. The summed E-state index contributed by atoms with van der Waals surface area (Å²) in [5.74, 6) is 0.570. The highest BCUT2D eigenvalue weighted by Crippen LogP contribution is 2.29. The predicted octanol–water partition coefficient (Wildman–Crippen LogP) is 4.12. The number of aromatic carboxylic acids is 1. The molecule has 3 aromatic rings. The van der Waals surface area contributed by atoms with Crippen LogP contribution < -0.4 is 0 Å². The first kappa shape index (κ1) is 13.4. The lowest BCUT2D eigenvalue weighted by molar-refractivity contribution is 0.0699. The highest BCUT2D eigenvalue weighted by molar-refractivity contribution is 6.04. The number of carbonyl (C=O) groups is 1. The highest BCUT2D eigenvalue weighted by atomic mass is 16.4. The van der Waals surface area contributed by atoms with Gasteiger partial charge >= 0.3 is 5.97 Å². The number of rotatable bonds is 2. The summed E-state index contributed by atoms with van der Waals surface area (Å²) in [7, 11) is 0. The van der Waals surface area contributed by atoms with E-state index in [2.05, 4.69) is 4.98 Å². The number of aryl methyl sites for hydroxylation is 3. The second-order valence-electron chi connectivity index (χ2n) is 5.21. The van der Waals surface area contributed by atoms with Gasteiger partial charge < -0.3 is 9.52 Å². The molecule has 0 saturated carbocycles. The molecule has 0 bridgehead atoms. The maximum absolute atomic E-state index is 11.5. The maximum Gasteiger partial charge on any atom is 0.336 e. The van der Waals surface area contributed by atoms with Crippen LogP contribution in [0.15, 0.2) is 34.7 Å². The van der Waals surface area contributed by atoms with Crippen molar-refractivity contribution in [1.82, 2.24) is 4.98 Å². The Balaban J connectivity index is 2.33. The number of carboxylic acid groups (broad SMARTS) is 1. The maximum atomic E-state index is 11.5. The van der Waals surface area contributed by atoms with Crippen LogP contribution in [0.25, 0.3) is 22.2 Å². The first-order chi connectivity index (χ1) is 9.95. The fourth-order valence-electron chi connectivity index (χ4n) is 2.54. The number of fused-ring (bicyclic) bond motifs is 1. The zero-order chi connectivity index (χ0) is 15.1. The van der Waals surface area contributed by atoms with Gasteiger partial charge in [-0.1, -0.05) is 11.6 Å². The van der Waals surface area contributed by atoms with Crippen molar-refractivity contribution in [3.63, 3.8) is 0 Å². The number of hydrogen-bond donors (Lipinski definition) is 1. The Hall–Kier alpha value is -2.62. The molecule has 0 saturated heterocycles. The fourth-order valence-corrected chi connectivity index (χ4v) is 2.54. The first-order valence-corrected chi connectivity index (χ1v) is 6.68. The van der Waals surface area contributed by atoms with Gasteiger partial charge in [0, 0.05) is 10.9 Å². The number of pyridine rings is 1. The van der Waals surface area contributed by atoms with Crippen molar-refractivity contribution in [1.29, 1.82) is 0 Å². The second kappa shape index (κ2) is 4.74. The van der Waals surface area contributed by atoms with Crippen molar-refractivity contribution < 1.29 is 14.3 Å². The molecule has 0 radical (unpaired) electrons. The highest BCUT2D eigenvalue weighted by Gasteiger charge is 2.15. The molecule has 0 atom stereocenters. The van der Waals surface area contributed by atoms with Gasteiger partial charge in [0.25, 0.3) is 0 Å². The lowest BCUT2D eigenvalue weighted by Gasteiger charge is -2.07. The van der Waals surface area contributed by atoms with Crippen molar-refractivity contribution >= 4 is 16.9 Å². The van der Waals surface area contributed by atoms with Crippen LogP contribution in [0.5, 0.6) is 0 Å². The average molecular weight is 281 g/mol. The summed E-state index contributed by atoms with van der Waals surface area (Å²) in [5.41, 5.74) is 3.40. The minimum absolute atomic E-state index is 0.261. The number of aromatic nitrogens is 1. The van der Waals surface area contributed by atoms with Gasteiger partial charge in [-0.3, -0.25) is 0 Å². The Morgan fingerprint density at radius 2 is 1.90 bits per heavy atom. The van der Waals surface area contributed by atoms with Crippen LogP contribution in [0.2, 0.25) is 0 Å². The van der Waals surface area contributed by atoms with E-state index in [4.69, 9.17) is 4.42 Å². The molecule has 0 aliphatic rings. The molecule has 0 spiro atoms. The van der Waals surface area contributed by atoms with Crippen LogP contribution >= 0.6 is 0 Å². The average Bonchev–Trinajstić information content (AvgIpc) is 2.76. The molecule has 4 heteroatoms. The number of hydrogen-bond acceptors (Lipinski definition) is 3. The van der Waals surface area contributed by atoms with E-state index < -0.39 is 5.97 Å². The van der Waals surface area contributed by atoms with Crippen LogP contribution in [-0.4, -0.2) is 16.1 Å². The van der Waals surface area contributed by atoms with Gasteiger partial charge in [0.15, 0.2) is 0 Å². The van der Waals surface area contributed by atoms with Crippen molar-refractivity contribution in [2.75, 3.05) is 0 Å². The Morgan fingerprint density at radius 1 is 1.14 bits per heavy atom. The third-order valence-corrected chi connectivity index (χ3v) is 3.51. The summed E-state index contributed by atoms with van der Waals surface area (Å²) >= 11 is 0. The summed E-state index contributed by atoms with van der Waals surface area (Å²) in [6, 6.07) is 9.12.